The number of hydrogen-bond donors (Lipinski definition) is 1. The fourth-order valence-electron chi connectivity index (χ4n) is 2.12. The van der Waals surface area contributed by atoms with Crippen LogP contribution in [0.5, 0.6) is 0 Å². The van der Waals surface area contributed by atoms with Crippen molar-refractivity contribution in [2.75, 3.05) is 0 Å². The molecule has 18 heavy (non-hydrogen) atoms. The highest BCUT2D eigenvalue weighted by Gasteiger charge is 2.07. The lowest BCUT2D eigenvalue weighted by molar-refractivity contribution is 0.164. The minimum absolute atomic E-state index is 0.339. The van der Waals surface area contributed by atoms with Crippen LogP contribution in [0.3, 0.4) is 0 Å². The van der Waals surface area contributed by atoms with Crippen molar-refractivity contribution in [3.63, 3.8) is 0 Å². The smallest absolute Gasteiger partial charge is 0.0790 e. The van der Waals surface area contributed by atoms with Crippen molar-refractivity contribution in [3.8, 4) is 11.1 Å². The Labute approximate surface area is 109 Å². The fourth-order valence-corrected chi connectivity index (χ4v) is 2.12. The van der Waals surface area contributed by atoms with E-state index in [0.29, 0.717) is 0 Å². The highest BCUT2D eigenvalue weighted by Crippen LogP contribution is 2.25. The lowest BCUT2D eigenvalue weighted by Gasteiger charge is -2.12. The number of aliphatic hydroxyl groups excluding tert-OH is 1. The Bertz CT molecular complexity index is 476. The van der Waals surface area contributed by atoms with Crippen molar-refractivity contribution in [2.45, 2.75) is 32.3 Å². The SMILES string of the molecule is CCCCC(O)c1cccc(-c2ccccc2)c1. The molecular formula is C17H20O. The van der Waals surface area contributed by atoms with E-state index in [1.165, 1.54) is 11.1 Å². The van der Waals surface area contributed by atoms with Crippen LogP contribution in [0.25, 0.3) is 11.1 Å². The standard InChI is InChI=1S/C17H20O/c1-2-3-12-17(18)16-11-7-10-15(13-16)14-8-5-4-6-9-14/h4-11,13,17-18H,2-3,12H2,1H3. The summed E-state index contributed by atoms with van der Waals surface area (Å²) < 4.78 is 0. The van der Waals surface area contributed by atoms with Crippen LogP contribution in [-0.4, -0.2) is 5.11 Å². The summed E-state index contributed by atoms with van der Waals surface area (Å²) in [6.45, 7) is 2.15. The third kappa shape index (κ3) is 3.21. The summed E-state index contributed by atoms with van der Waals surface area (Å²) in [7, 11) is 0. The molecule has 2 aromatic rings. The molecule has 0 saturated heterocycles. The Kier molecular flexibility index (Phi) is 4.54. The van der Waals surface area contributed by atoms with Crippen molar-refractivity contribution >= 4 is 0 Å². The third-order valence-electron chi connectivity index (χ3n) is 3.21. The van der Waals surface area contributed by atoms with E-state index in [-0.39, 0.29) is 6.10 Å². The maximum absolute atomic E-state index is 10.1. The average Bonchev–Trinajstić information content (AvgIpc) is 2.46. The fraction of sp³-hybridized carbons (Fsp3) is 0.294. The second kappa shape index (κ2) is 6.36. The van der Waals surface area contributed by atoms with Crippen molar-refractivity contribution in [1.29, 1.82) is 0 Å². The lowest BCUT2D eigenvalue weighted by atomic mass is 9.98. The molecule has 1 heteroatoms. The molecule has 1 N–H and O–H groups in total. The van der Waals surface area contributed by atoms with Crippen LogP contribution in [-0.2, 0) is 0 Å². The van der Waals surface area contributed by atoms with Crippen LogP contribution in [0.1, 0.15) is 37.9 Å². The van der Waals surface area contributed by atoms with Gasteiger partial charge in [0.15, 0.2) is 0 Å². The third-order valence-corrected chi connectivity index (χ3v) is 3.21. The maximum atomic E-state index is 10.1. The monoisotopic (exact) mass is 240 g/mol. The number of unbranched alkanes of at least 4 members (excludes halogenated alkanes) is 1. The summed E-state index contributed by atoms with van der Waals surface area (Å²) in [4.78, 5) is 0. The van der Waals surface area contributed by atoms with Crippen molar-refractivity contribution in [3.05, 3.63) is 60.2 Å². The molecule has 1 unspecified atom stereocenters. The van der Waals surface area contributed by atoms with Crippen LogP contribution in [0.4, 0.5) is 0 Å². The van der Waals surface area contributed by atoms with E-state index in [0.717, 1.165) is 24.8 Å². The summed E-state index contributed by atoms with van der Waals surface area (Å²) in [6.07, 6.45) is 2.69. The summed E-state index contributed by atoms with van der Waals surface area (Å²) in [6, 6.07) is 18.5. The normalized spacial score (nSPS) is 12.3. The summed E-state index contributed by atoms with van der Waals surface area (Å²) >= 11 is 0. The molecule has 0 radical (unpaired) electrons. The van der Waals surface area contributed by atoms with E-state index < -0.39 is 0 Å². The lowest BCUT2D eigenvalue weighted by Crippen LogP contribution is -1.97. The van der Waals surface area contributed by atoms with Gasteiger partial charge in [0.25, 0.3) is 0 Å². The molecule has 0 spiro atoms. The van der Waals surface area contributed by atoms with Gasteiger partial charge in [-0.25, -0.2) is 0 Å². The Balaban J connectivity index is 2.20. The molecule has 0 aliphatic heterocycles. The zero-order valence-corrected chi connectivity index (χ0v) is 10.8. The Morgan fingerprint density at radius 1 is 0.944 bits per heavy atom. The van der Waals surface area contributed by atoms with Gasteiger partial charge in [0.05, 0.1) is 6.10 Å². The number of benzene rings is 2. The van der Waals surface area contributed by atoms with E-state index in [2.05, 4.69) is 31.2 Å². The van der Waals surface area contributed by atoms with Gasteiger partial charge >= 0.3 is 0 Å². The van der Waals surface area contributed by atoms with E-state index >= 15 is 0 Å². The summed E-state index contributed by atoms with van der Waals surface area (Å²) in [5, 5.41) is 10.1. The first-order valence-electron chi connectivity index (χ1n) is 6.64. The molecule has 0 aliphatic carbocycles. The van der Waals surface area contributed by atoms with Gasteiger partial charge in [-0.05, 0) is 29.2 Å². The Morgan fingerprint density at radius 2 is 1.67 bits per heavy atom. The second-order valence-corrected chi connectivity index (χ2v) is 4.65. The first-order valence-corrected chi connectivity index (χ1v) is 6.64. The van der Waals surface area contributed by atoms with Crippen molar-refractivity contribution in [2.24, 2.45) is 0 Å². The quantitative estimate of drug-likeness (QED) is 0.811. The molecule has 94 valence electrons. The number of rotatable bonds is 5. The average molecular weight is 240 g/mol. The summed E-state index contributed by atoms with van der Waals surface area (Å²) in [5.74, 6) is 0. The summed E-state index contributed by atoms with van der Waals surface area (Å²) in [5.41, 5.74) is 3.38. The number of hydrogen-bond acceptors (Lipinski definition) is 1. The van der Waals surface area contributed by atoms with Gasteiger partial charge < -0.3 is 5.11 Å². The van der Waals surface area contributed by atoms with Crippen LogP contribution in [0.15, 0.2) is 54.6 Å². The molecule has 0 saturated carbocycles. The minimum atomic E-state index is -0.339. The highest BCUT2D eigenvalue weighted by atomic mass is 16.3. The van der Waals surface area contributed by atoms with E-state index in [1.54, 1.807) is 0 Å². The van der Waals surface area contributed by atoms with Gasteiger partial charge in [-0.3, -0.25) is 0 Å². The predicted octanol–water partition coefficient (Wildman–Crippen LogP) is 4.58. The first kappa shape index (κ1) is 12.8. The highest BCUT2D eigenvalue weighted by molar-refractivity contribution is 5.64. The van der Waals surface area contributed by atoms with Crippen LogP contribution in [0.2, 0.25) is 0 Å². The first-order chi connectivity index (χ1) is 8.81. The van der Waals surface area contributed by atoms with Crippen LogP contribution >= 0.6 is 0 Å². The molecule has 0 aromatic heterocycles. The minimum Gasteiger partial charge on any atom is -0.388 e. The van der Waals surface area contributed by atoms with Crippen LogP contribution in [0, 0.1) is 0 Å². The zero-order chi connectivity index (χ0) is 12.8. The molecule has 2 aromatic carbocycles. The van der Waals surface area contributed by atoms with E-state index in [1.807, 2.05) is 30.3 Å². The molecule has 1 atom stereocenters. The van der Waals surface area contributed by atoms with Crippen molar-refractivity contribution in [1.82, 2.24) is 0 Å². The topological polar surface area (TPSA) is 20.2 Å². The molecule has 0 aliphatic rings. The van der Waals surface area contributed by atoms with E-state index in [4.69, 9.17) is 0 Å². The van der Waals surface area contributed by atoms with Gasteiger partial charge in [0, 0.05) is 0 Å². The van der Waals surface area contributed by atoms with Crippen LogP contribution < -0.4 is 0 Å². The molecule has 0 amide bonds. The molecular weight excluding hydrogens is 220 g/mol. The van der Waals surface area contributed by atoms with Gasteiger partial charge in [-0.1, -0.05) is 68.3 Å². The second-order valence-electron chi connectivity index (χ2n) is 4.65. The van der Waals surface area contributed by atoms with Gasteiger partial charge in [-0.2, -0.15) is 0 Å². The zero-order valence-electron chi connectivity index (χ0n) is 10.8. The Morgan fingerprint density at radius 3 is 2.39 bits per heavy atom. The maximum Gasteiger partial charge on any atom is 0.0790 e. The van der Waals surface area contributed by atoms with Gasteiger partial charge in [0.1, 0.15) is 0 Å². The van der Waals surface area contributed by atoms with Crippen molar-refractivity contribution < 1.29 is 5.11 Å². The largest absolute Gasteiger partial charge is 0.388 e. The number of aliphatic hydroxyl groups is 1. The molecule has 0 heterocycles. The molecule has 2 rings (SSSR count). The van der Waals surface area contributed by atoms with Gasteiger partial charge in [-0.15, -0.1) is 0 Å². The molecule has 0 bridgehead atoms. The van der Waals surface area contributed by atoms with E-state index in [9.17, 15) is 5.11 Å². The molecule has 1 nitrogen and oxygen atoms in total. The van der Waals surface area contributed by atoms with Gasteiger partial charge in [0.2, 0.25) is 0 Å². The predicted molar refractivity (Wildman–Crippen MR) is 76.4 cm³/mol. The molecule has 0 fully saturated rings. The Hall–Kier alpha value is -1.60.